The molecule has 2 aromatic rings. The van der Waals surface area contributed by atoms with Gasteiger partial charge in [-0.3, -0.25) is 9.69 Å². The number of amides is 1. The molecule has 0 fully saturated rings. The van der Waals surface area contributed by atoms with Crippen LogP contribution in [-0.2, 0) is 4.79 Å². The number of benzene rings is 2. The highest BCUT2D eigenvalue weighted by atomic mass is 19.1. The summed E-state index contributed by atoms with van der Waals surface area (Å²) in [5.41, 5.74) is 3.16. The Labute approximate surface area is 150 Å². The van der Waals surface area contributed by atoms with E-state index in [1.54, 1.807) is 29.2 Å². The van der Waals surface area contributed by atoms with Gasteiger partial charge in [0.25, 0.3) is 5.91 Å². The fraction of sp³-hybridized carbons (Fsp3) is 0.190. The number of rotatable bonds is 3. The number of allylic oxidation sites excluding steroid dienone is 2. The minimum absolute atomic E-state index is 0.247. The van der Waals surface area contributed by atoms with Crippen LogP contribution in [0.25, 0.3) is 0 Å². The van der Waals surface area contributed by atoms with Crippen molar-refractivity contribution in [3.05, 3.63) is 83.2 Å². The van der Waals surface area contributed by atoms with Gasteiger partial charge in [-0.25, -0.2) is 8.78 Å². The SMILES string of the molecule is O=C1C(Nc2cccc(F)c2)=C2CCCCC=C2N1c1cccc(F)c1. The fourth-order valence-electron chi connectivity index (χ4n) is 3.48. The van der Waals surface area contributed by atoms with E-state index >= 15 is 0 Å². The lowest BCUT2D eigenvalue weighted by molar-refractivity contribution is -0.114. The van der Waals surface area contributed by atoms with Gasteiger partial charge in [0, 0.05) is 11.3 Å². The molecular weight excluding hydrogens is 334 g/mol. The third-order valence-corrected chi connectivity index (χ3v) is 4.65. The van der Waals surface area contributed by atoms with Crippen molar-refractivity contribution < 1.29 is 13.6 Å². The second-order valence-electron chi connectivity index (χ2n) is 6.44. The second kappa shape index (κ2) is 6.75. The van der Waals surface area contributed by atoms with E-state index in [9.17, 15) is 13.6 Å². The zero-order valence-electron chi connectivity index (χ0n) is 14.1. The molecule has 1 amide bonds. The van der Waals surface area contributed by atoms with Gasteiger partial charge in [0.1, 0.15) is 17.3 Å². The normalized spacial score (nSPS) is 17.1. The molecule has 3 nitrogen and oxygen atoms in total. The van der Waals surface area contributed by atoms with E-state index in [4.69, 9.17) is 0 Å². The van der Waals surface area contributed by atoms with E-state index in [-0.39, 0.29) is 11.7 Å². The van der Waals surface area contributed by atoms with Crippen LogP contribution in [0.3, 0.4) is 0 Å². The third-order valence-electron chi connectivity index (χ3n) is 4.65. The summed E-state index contributed by atoms with van der Waals surface area (Å²) in [6.07, 6.45) is 5.65. The molecule has 4 rings (SSSR count). The van der Waals surface area contributed by atoms with Crippen LogP contribution in [0.2, 0.25) is 0 Å². The molecule has 2 aromatic carbocycles. The first-order chi connectivity index (χ1) is 12.6. The molecule has 0 spiro atoms. The highest BCUT2D eigenvalue weighted by Crippen LogP contribution is 2.39. The summed E-state index contributed by atoms with van der Waals surface area (Å²) in [6, 6.07) is 12.0. The zero-order valence-corrected chi connectivity index (χ0v) is 14.1. The van der Waals surface area contributed by atoms with Gasteiger partial charge < -0.3 is 5.32 Å². The lowest BCUT2D eigenvalue weighted by Crippen LogP contribution is -2.27. The molecule has 0 unspecified atom stereocenters. The smallest absolute Gasteiger partial charge is 0.279 e. The molecule has 0 bridgehead atoms. The maximum atomic E-state index is 13.7. The van der Waals surface area contributed by atoms with E-state index in [0.717, 1.165) is 37.0 Å². The number of carbonyl (C=O) groups excluding carboxylic acids is 1. The summed E-state index contributed by atoms with van der Waals surface area (Å²) in [5.74, 6) is -1.01. The molecule has 132 valence electrons. The lowest BCUT2D eigenvalue weighted by Gasteiger charge is -2.19. The summed E-state index contributed by atoms with van der Waals surface area (Å²) in [4.78, 5) is 14.7. The average molecular weight is 352 g/mol. The van der Waals surface area contributed by atoms with Crippen molar-refractivity contribution in [3.8, 4) is 0 Å². The number of halogens is 2. The first-order valence-corrected chi connectivity index (χ1v) is 8.70. The molecule has 0 radical (unpaired) electrons. The topological polar surface area (TPSA) is 32.3 Å². The number of fused-ring (bicyclic) bond motifs is 1. The summed E-state index contributed by atoms with van der Waals surface area (Å²) in [7, 11) is 0. The predicted octanol–water partition coefficient (Wildman–Crippen LogP) is 5.14. The van der Waals surface area contributed by atoms with Gasteiger partial charge in [-0.2, -0.15) is 0 Å². The van der Waals surface area contributed by atoms with Crippen molar-refractivity contribution in [1.82, 2.24) is 0 Å². The first kappa shape index (κ1) is 16.5. The Morgan fingerprint density at radius 2 is 1.73 bits per heavy atom. The van der Waals surface area contributed by atoms with Crippen LogP contribution in [0, 0.1) is 11.6 Å². The highest BCUT2D eigenvalue weighted by molar-refractivity contribution is 6.14. The summed E-state index contributed by atoms with van der Waals surface area (Å²) >= 11 is 0. The predicted molar refractivity (Wildman–Crippen MR) is 97.5 cm³/mol. The number of anilines is 2. The Hall–Kier alpha value is -2.95. The molecule has 1 N–H and O–H groups in total. The van der Waals surface area contributed by atoms with Gasteiger partial charge >= 0.3 is 0 Å². The highest BCUT2D eigenvalue weighted by Gasteiger charge is 2.36. The Kier molecular flexibility index (Phi) is 4.29. The van der Waals surface area contributed by atoms with E-state index in [1.807, 2.05) is 6.08 Å². The standard InChI is InChI=1S/C21H18F2N2O/c22-14-6-4-8-16(12-14)24-20-18-10-2-1-3-11-19(18)25(21(20)26)17-9-5-7-15(23)13-17/h4-9,11-13,24H,1-3,10H2. The van der Waals surface area contributed by atoms with E-state index in [1.165, 1.54) is 24.3 Å². The minimum Gasteiger partial charge on any atom is -0.351 e. The van der Waals surface area contributed by atoms with E-state index in [0.29, 0.717) is 17.1 Å². The Balaban J connectivity index is 1.77. The molecular formula is C21H18F2N2O. The van der Waals surface area contributed by atoms with Crippen LogP contribution in [0.4, 0.5) is 20.2 Å². The number of nitrogens with zero attached hydrogens (tertiary/aromatic N) is 1. The molecule has 1 heterocycles. The van der Waals surface area contributed by atoms with Gasteiger partial charge in [-0.05, 0) is 62.1 Å². The van der Waals surface area contributed by atoms with Crippen LogP contribution in [0.15, 0.2) is 71.6 Å². The molecule has 0 atom stereocenters. The molecule has 1 aliphatic carbocycles. The minimum atomic E-state index is -0.391. The van der Waals surface area contributed by atoms with Gasteiger partial charge in [-0.1, -0.05) is 18.2 Å². The summed E-state index contributed by atoms with van der Waals surface area (Å²) in [5, 5.41) is 3.09. The molecule has 0 aromatic heterocycles. The number of hydrogen-bond donors (Lipinski definition) is 1. The average Bonchev–Trinajstić information content (AvgIpc) is 2.77. The molecule has 0 saturated carbocycles. The van der Waals surface area contributed by atoms with Crippen molar-refractivity contribution in [2.24, 2.45) is 0 Å². The number of carbonyl (C=O) groups is 1. The van der Waals surface area contributed by atoms with E-state index in [2.05, 4.69) is 5.32 Å². The van der Waals surface area contributed by atoms with Crippen molar-refractivity contribution in [3.63, 3.8) is 0 Å². The van der Waals surface area contributed by atoms with Gasteiger partial charge in [0.15, 0.2) is 0 Å². The Morgan fingerprint density at radius 3 is 2.50 bits per heavy atom. The van der Waals surface area contributed by atoms with Gasteiger partial charge in [0.05, 0.1) is 11.4 Å². The zero-order chi connectivity index (χ0) is 18.1. The maximum absolute atomic E-state index is 13.7. The van der Waals surface area contributed by atoms with Crippen LogP contribution in [0.5, 0.6) is 0 Å². The number of nitrogens with one attached hydrogen (secondary N) is 1. The van der Waals surface area contributed by atoms with Crippen LogP contribution >= 0.6 is 0 Å². The fourth-order valence-corrected chi connectivity index (χ4v) is 3.48. The molecule has 1 aliphatic heterocycles. The Bertz CT molecular complexity index is 933. The van der Waals surface area contributed by atoms with Crippen molar-refractivity contribution >= 4 is 17.3 Å². The van der Waals surface area contributed by atoms with Crippen LogP contribution in [-0.4, -0.2) is 5.91 Å². The van der Waals surface area contributed by atoms with Gasteiger partial charge in [-0.15, -0.1) is 0 Å². The number of hydrogen-bond acceptors (Lipinski definition) is 2. The lowest BCUT2D eigenvalue weighted by atomic mass is 10.1. The second-order valence-corrected chi connectivity index (χ2v) is 6.44. The quantitative estimate of drug-likeness (QED) is 0.830. The van der Waals surface area contributed by atoms with Crippen molar-refractivity contribution in [1.29, 1.82) is 0 Å². The van der Waals surface area contributed by atoms with Crippen molar-refractivity contribution in [2.75, 3.05) is 10.2 Å². The third kappa shape index (κ3) is 3.01. The molecule has 2 aliphatic rings. The monoisotopic (exact) mass is 352 g/mol. The van der Waals surface area contributed by atoms with E-state index < -0.39 is 5.82 Å². The molecule has 0 saturated heterocycles. The molecule has 26 heavy (non-hydrogen) atoms. The Morgan fingerprint density at radius 1 is 0.962 bits per heavy atom. The first-order valence-electron chi connectivity index (χ1n) is 8.70. The maximum Gasteiger partial charge on any atom is 0.279 e. The van der Waals surface area contributed by atoms with Crippen LogP contribution < -0.4 is 10.2 Å². The van der Waals surface area contributed by atoms with Crippen molar-refractivity contribution in [2.45, 2.75) is 25.7 Å². The van der Waals surface area contributed by atoms with Crippen LogP contribution in [0.1, 0.15) is 25.7 Å². The summed E-state index contributed by atoms with van der Waals surface area (Å²) in [6.45, 7) is 0. The largest absolute Gasteiger partial charge is 0.351 e. The summed E-state index contributed by atoms with van der Waals surface area (Å²) < 4.78 is 27.2. The molecule has 5 heteroatoms. The van der Waals surface area contributed by atoms with Gasteiger partial charge in [0.2, 0.25) is 0 Å².